The third-order valence-corrected chi connectivity index (χ3v) is 2.28. The van der Waals surface area contributed by atoms with Crippen molar-refractivity contribution in [1.29, 1.82) is 0 Å². The second-order valence-corrected chi connectivity index (χ2v) is 3.69. The third-order valence-electron chi connectivity index (χ3n) is 1.79. The zero-order valence-electron chi connectivity index (χ0n) is 7.38. The Morgan fingerprint density at radius 3 is 2.67 bits per heavy atom. The van der Waals surface area contributed by atoms with Gasteiger partial charge in [0.25, 0.3) is 5.69 Å². The molecule has 0 aliphatic heterocycles. The highest BCUT2D eigenvalue weighted by Crippen LogP contribution is 2.27. The lowest BCUT2D eigenvalue weighted by atomic mass is 10.1. The van der Waals surface area contributed by atoms with Crippen molar-refractivity contribution in [3.8, 4) is 0 Å². The fourth-order valence-corrected chi connectivity index (χ4v) is 1.42. The molecule has 0 aromatic heterocycles. The summed E-state index contributed by atoms with van der Waals surface area (Å²) in [5.74, 6) is -1.31. The Morgan fingerprint density at radius 2 is 2.20 bits per heavy atom. The van der Waals surface area contributed by atoms with Gasteiger partial charge in [-0.15, -0.1) is 0 Å². The van der Waals surface area contributed by atoms with Gasteiger partial charge in [0, 0.05) is 10.5 Å². The molecule has 0 aliphatic rings. The summed E-state index contributed by atoms with van der Waals surface area (Å²) in [6.45, 7) is 0. The van der Waals surface area contributed by atoms with Gasteiger partial charge in [-0.25, -0.2) is 0 Å². The van der Waals surface area contributed by atoms with Gasteiger partial charge in [-0.05, 0) is 12.1 Å². The predicted octanol–water partition coefficient (Wildman–Crippen LogP) is 1.44. The van der Waals surface area contributed by atoms with E-state index in [4.69, 9.17) is 10.8 Å². The van der Waals surface area contributed by atoms with Crippen molar-refractivity contribution >= 4 is 27.6 Å². The number of nitrogens with zero attached hydrogens (tertiary/aromatic N) is 1. The Morgan fingerprint density at radius 1 is 1.60 bits per heavy atom. The smallest absolute Gasteiger partial charge is 0.325 e. The normalized spacial score (nSPS) is 12.1. The fourth-order valence-electron chi connectivity index (χ4n) is 1.07. The van der Waals surface area contributed by atoms with Crippen LogP contribution in [-0.4, -0.2) is 16.0 Å². The molecule has 3 N–H and O–H groups in total. The lowest BCUT2D eigenvalue weighted by molar-refractivity contribution is -0.385. The molecule has 80 valence electrons. The van der Waals surface area contributed by atoms with Crippen LogP contribution in [-0.2, 0) is 4.79 Å². The summed E-state index contributed by atoms with van der Waals surface area (Å²) in [6.07, 6.45) is 0. The van der Waals surface area contributed by atoms with Crippen molar-refractivity contribution < 1.29 is 14.8 Å². The summed E-state index contributed by atoms with van der Waals surface area (Å²) in [4.78, 5) is 20.6. The van der Waals surface area contributed by atoms with Crippen LogP contribution in [0.1, 0.15) is 11.6 Å². The predicted molar refractivity (Wildman–Crippen MR) is 55.4 cm³/mol. The number of aliphatic carboxylic acids is 1. The first kappa shape index (κ1) is 11.6. The number of halogens is 1. The number of carboxylic acids is 1. The van der Waals surface area contributed by atoms with Gasteiger partial charge in [-0.3, -0.25) is 14.9 Å². The molecule has 1 atom stereocenters. The number of hydrogen-bond acceptors (Lipinski definition) is 4. The van der Waals surface area contributed by atoms with E-state index in [1.54, 1.807) is 0 Å². The number of rotatable bonds is 3. The van der Waals surface area contributed by atoms with E-state index < -0.39 is 16.9 Å². The van der Waals surface area contributed by atoms with Gasteiger partial charge in [0.05, 0.1) is 10.5 Å². The van der Waals surface area contributed by atoms with Crippen molar-refractivity contribution in [1.82, 2.24) is 0 Å². The van der Waals surface area contributed by atoms with Crippen molar-refractivity contribution in [3.63, 3.8) is 0 Å². The van der Waals surface area contributed by atoms with Gasteiger partial charge < -0.3 is 10.8 Å². The van der Waals surface area contributed by atoms with E-state index in [0.717, 1.165) is 0 Å². The van der Waals surface area contributed by atoms with Crippen molar-refractivity contribution in [2.75, 3.05) is 0 Å². The molecular weight excluding hydrogens is 268 g/mol. The monoisotopic (exact) mass is 274 g/mol. The zero-order valence-corrected chi connectivity index (χ0v) is 8.97. The molecule has 1 aromatic carbocycles. The first-order valence-electron chi connectivity index (χ1n) is 3.85. The lowest BCUT2D eigenvalue weighted by Gasteiger charge is -2.07. The molecular formula is C8H7BrN2O4. The van der Waals surface area contributed by atoms with E-state index in [1.165, 1.54) is 18.2 Å². The van der Waals surface area contributed by atoms with E-state index in [0.29, 0.717) is 4.47 Å². The van der Waals surface area contributed by atoms with Crippen molar-refractivity contribution in [2.45, 2.75) is 6.04 Å². The maximum atomic E-state index is 10.6. The standard InChI is InChI=1S/C8H7BrN2O4/c9-4-1-2-5(7(10)8(12)13)6(3-4)11(14)15/h1-3,7H,10H2,(H,12,13)/t7-/m0/s1. The topological polar surface area (TPSA) is 106 Å². The van der Waals surface area contributed by atoms with E-state index in [-0.39, 0.29) is 11.3 Å². The molecule has 7 heteroatoms. The molecule has 0 spiro atoms. The summed E-state index contributed by atoms with van der Waals surface area (Å²) in [6, 6.07) is 2.66. The highest BCUT2D eigenvalue weighted by molar-refractivity contribution is 9.10. The Balaban J connectivity index is 3.28. The highest BCUT2D eigenvalue weighted by atomic mass is 79.9. The zero-order chi connectivity index (χ0) is 11.6. The third kappa shape index (κ3) is 2.51. The van der Waals surface area contributed by atoms with Gasteiger partial charge in [0.15, 0.2) is 0 Å². The van der Waals surface area contributed by atoms with Gasteiger partial charge in [-0.1, -0.05) is 15.9 Å². The lowest BCUT2D eigenvalue weighted by Crippen LogP contribution is -2.21. The van der Waals surface area contributed by atoms with E-state index in [2.05, 4.69) is 15.9 Å². The fraction of sp³-hybridized carbons (Fsp3) is 0.125. The Bertz CT molecular complexity index is 421. The van der Waals surface area contributed by atoms with Crippen molar-refractivity contribution in [2.24, 2.45) is 5.73 Å². The molecule has 6 nitrogen and oxygen atoms in total. The van der Waals surface area contributed by atoms with Crippen LogP contribution in [0.5, 0.6) is 0 Å². The number of carboxylic acid groups (broad SMARTS) is 1. The molecule has 0 unspecified atom stereocenters. The number of hydrogen-bond donors (Lipinski definition) is 2. The summed E-state index contributed by atoms with van der Waals surface area (Å²) in [7, 11) is 0. The summed E-state index contributed by atoms with van der Waals surface area (Å²) in [5, 5.41) is 19.3. The van der Waals surface area contributed by atoms with Crippen LogP contribution in [0, 0.1) is 10.1 Å². The number of benzene rings is 1. The molecule has 0 heterocycles. The van der Waals surface area contributed by atoms with Crippen LogP contribution in [0.3, 0.4) is 0 Å². The number of carbonyl (C=O) groups is 1. The number of nitrogens with two attached hydrogens (primary N) is 1. The Hall–Kier alpha value is -1.47. The minimum atomic E-state index is -1.39. The first-order chi connectivity index (χ1) is 6.93. The maximum absolute atomic E-state index is 10.6. The highest BCUT2D eigenvalue weighted by Gasteiger charge is 2.24. The Labute approximate surface area is 93.0 Å². The van der Waals surface area contributed by atoms with E-state index in [9.17, 15) is 14.9 Å². The Kier molecular flexibility index (Phi) is 3.38. The molecule has 0 aliphatic carbocycles. The van der Waals surface area contributed by atoms with Crippen LogP contribution in [0.25, 0.3) is 0 Å². The van der Waals surface area contributed by atoms with Crippen LogP contribution < -0.4 is 5.73 Å². The SMILES string of the molecule is N[C@H](C(=O)O)c1ccc(Br)cc1[N+](=O)[O-]. The van der Waals surface area contributed by atoms with E-state index >= 15 is 0 Å². The molecule has 0 radical (unpaired) electrons. The molecule has 0 bridgehead atoms. The van der Waals surface area contributed by atoms with E-state index in [1.807, 2.05) is 0 Å². The van der Waals surface area contributed by atoms with Gasteiger partial charge in [0.2, 0.25) is 0 Å². The summed E-state index contributed by atoms with van der Waals surface area (Å²) >= 11 is 3.06. The van der Waals surface area contributed by atoms with Crippen LogP contribution in [0.4, 0.5) is 5.69 Å². The molecule has 0 fully saturated rings. The first-order valence-corrected chi connectivity index (χ1v) is 4.65. The quantitative estimate of drug-likeness (QED) is 0.641. The second-order valence-electron chi connectivity index (χ2n) is 2.78. The molecule has 0 saturated heterocycles. The minimum absolute atomic E-state index is 0.0179. The molecule has 0 saturated carbocycles. The van der Waals surface area contributed by atoms with Gasteiger partial charge in [0.1, 0.15) is 6.04 Å². The molecule has 1 aromatic rings. The largest absolute Gasteiger partial charge is 0.480 e. The second kappa shape index (κ2) is 4.37. The van der Waals surface area contributed by atoms with Crippen LogP contribution >= 0.6 is 15.9 Å². The van der Waals surface area contributed by atoms with Gasteiger partial charge in [-0.2, -0.15) is 0 Å². The summed E-state index contributed by atoms with van der Waals surface area (Å²) < 4.78 is 0.496. The minimum Gasteiger partial charge on any atom is -0.480 e. The molecule has 0 amide bonds. The average Bonchev–Trinajstić information content (AvgIpc) is 2.16. The molecule has 1 rings (SSSR count). The number of nitro groups is 1. The molecule has 15 heavy (non-hydrogen) atoms. The van der Waals surface area contributed by atoms with Crippen LogP contribution in [0.15, 0.2) is 22.7 Å². The maximum Gasteiger partial charge on any atom is 0.325 e. The van der Waals surface area contributed by atoms with Crippen molar-refractivity contribution in [3.05, 3.63) is 38.3 Å². The average molecular weight is 275 g/mol. The van der Waals surface area contributed by atoms with Crippen LogP contribution in [0.2, 0.25) is 0 Å². The van der Waals surface area contributed by atoms with Gasteiger partial charge >= 0.3 is 5.97 Å². The number of nitro benzene ring substituents is 1. The summed E-state index contributed by atoms with van der Waals surface area (Å²) in [5.41, 5.74) is 4.98.